The van der Waals surface area contributed by atoms with Gasteiger partial charge in [0, 0.05) is 6.54 Å². The molecular formula is C12H11ClF3N3O. The maximum atomic E-state index is 12.7. The maximum absolute atomic E-state index is 12.7. The Morgan fingerprint density at radius 2 is 2.10 bits per heavy atom. The first-order valence-electron chi connectivity index (χ1n) is 5.57. The van der Waals surface area contributed by atoms with Gasteiger partial charge in [0.05, 0.1) is 17.8 Å². The van der Waals surface area contributed by atoms with E-state index in [0.717, 1.165) is 10.7 Å². The number of rotatable bonds is 3. The Bertz CT molecular complexity index is 625. The number of ether oxygens (including phenoxy) is 1. The summed E-state index contributed by atoms with van der Waals surface area (Å²) in [6.45, 7) is -0.0985. The molecule has 20 heavy (non-hydrogen) atoms. The topological polar surface area (TPSA) is 53.1 Å². The van der Waals surface area contributed by atoms with Crippen LogP contribution in [0.3, 0.4) is 0 Å². The summed E-state index contributed by atoms with van der Waals surface area (Å²) in [6.07, 6.45) is -4.54. The van der Waals surface area contributed by atoms with E-state index in [0.29, 0.717) is 5.69 Å². The Morgan fingerprint density at radius 1 is 1.40 bits per heavy atom. The zero-order valence-electron chi connectivity index (χ0n) is 10.4. The molecule has 4 nitrogen and oxygen atoms in total. The smallest absolute Gasteiger partial charge is 0.435 e. The van der Waals surface area contributed by atoms with Crippen molar-refractivity contribution in [3.05, 3.63) is 40.7 Å². The molecule has 0 aliphatic heterocycles. The van der Waals surface area contributed by atoms with Crippen LogP contribution in [0.15, 0.2) is 24.3 Å². The fourth-order valence-electron chi connectivity index (χ4n) is 1.78. The van der Waals surface area contributed by atoms with Crippen LogP contribution < -0.4 is 10.5 Å². The molecule has 0 saturated carbocycles. The molecule has 1 aromatic carbocycles. The number of nitrogens with zero attached hydrogens (tertiary/aromatic N) is 2. The van der Waals surface area contributed by atoms with Gasteiger partial charge in [-0.15, -0.1) is 0 Å². The normalized spacial score (nSPS) is 11.7. The SMILES string of the molecule is COc1c(Cl)cccc1-n1nc(C(F)(F)F)cc1CN. The zero-order valence-corrected chi connectivity index (χ0v) is 11.2. The van der Waals surface area contributed by atoms with E-state index in [-0.39, 0.29) is 23.0 Å². The molecule has 1 heterocycles. The van der Waals surface area contributed by atoms with Gasteiger partial charge in [-0.3, -0.25) is 0 Å². The van der Waals surface area contributed by atoms with E-state index in [9.17, 15) is 13.2 Å². The number of hydrogen-bond acceptors (Lipinski definition) is 3. The van der Waals surface area contributed by atoms with Gasteiger partial charge in [0.1, 0.15) is 5.69 Å². The third-order valence-electron chi connectivity index (χ3n) is 2.66. The molecule has 0 unspecified atom stereocenters. The van der Waals surface area contributed by atoms with Gasteiger partial charge < -0.3 is 10.5 Å². The van der Waals surface area contributed by atoms with Crippen LogP contribution in [0.5, 0.6) is 5.75 Å². The van der Waals surface area contributed by atoms with Crippen molar-refractivity contribution < 1.29 is 17.9 Å². The molecular weight excluding hydrogens is 295 g/mol. The van der Waals surface area contributed by atoms with Crippen molar-refractivity contribution in [2.75, 3.05) is 7.11 Å². The van der Waals surface area contributed by atoms with Gasteiger partial charge in [0.15, 0.2) is 11.4 Å². The fraction of sp³-hybridized carbons (Fsp3) is 0.250. The average Bonchev–Trinajstić information content (AvgIpc) is 2.82. The third kappa shape index (κ3) is 2.59. The first kappa shape index (κ1) is 14.7. The Kier molecular flexibility index (Phi) is 3.92. The van der Waals surface area contributed by atoms with E-state index in [1.165, 1.54) is 7.11 Å². The van der Waals surface area contributed by atoms with Crippen LogP contribution in [0.2, 0.25) is 5.02 Å². The molecule has 108 valence electrons. The number of para-hydroxylation sites is 1. The molecule has 0 fully saturated rings. The van der Waals surface area contributed by atoms with Crippen LogP contribution in [0.25, 0.3) is 5.69 Å². The lowest BCUT2D eigenvalue weighted by molar-refractivity contribution is -0.141. The van der Waals surface area contributed by atoms with Gasteiger partial charge in [-0.2, -0.15) is 18.3 Å². The summed E-state index contributed by atoms with van der Waals surface area (Å²) in [5.41, 5.74) is 4.97. The molecule has 0 saturated heterocycles. The maximum Gasteiger partial charge on any atom is 0.435 e. The van der Waals surface area contributed by atoms with Gasteiger partial charge in [-0.05, 0) is 18.2 Å². The second-order valence-electron chi connectivity index (χ2n) is 3.93. The van der Waals surface area contributed by atoms with Gasteiger partial charge in [0.2, 0.25) is 0 Å². The summed E-state index contributed by atoms with van der Waals surface area (Å²) >= 11 is 5.95. The Morgan fingerprint density at radius 3 is 2.65 bits per heavy atom. The summed E-state index contributed by atoms with van der Waals surface area (Å²) in [7, 11) is 1.38. The van der Waals surface area contributed by atoms with Crippen molar-refractivity contribution in [1.29, 1.82) is 0 Å². The highest BCUT2D eigenvalue weighted by molar-refractivity contribution is 6.32. The molecule has 0 atom stereocenters. The number of nitrogens with two attached hydrogens (primary N) is 1. The standard InChI is InChI=1S/C12H11ClF3N3O/c1-20-11-8(13)3-2-4-9(11)19-7(6-17)5-10(18-19)12(14,15)16/h2-5H,6,17H2,1H3. The van der Waals surface area contributed by atoms with Crippen molar-refractivity contribution in [3.8, 4) is 11.4 Å². The quantitative estimate of drug-likeness (QED) is 0.948. The Labute approximate surface area is 117 Å². The van der Waals surface area contributed by atoms with Gasteiger partial charge in [-0.25, -0.2) is 4.68 Å². The Balaban J connectivity index is 2.64. The number of benzene rings is 1. The number of halogens is 4. The molecule has 8 heteroatoms. The third-order valence-corrected chi connectivity index (χ3v) is 2.96. The lowest BCUT2D eigenvalue weighted by atomic mass is 10.2. The predicted molar refractivity (Wildman–Crippen MR) is 68.0 cm³/mol. The fourth-order valence-corrected chi connectivity index (χ4v) is 2.03. The van der Waals surface area contributed by atoms with Gasteiger partial charge in [0.25, 0.3) is 0 Å². The largest absolute Gasteiger partial charge is 0.493 e. The first-order valence-corrected chi connectivity index (χ1v) is 5.95. The highest BCUT2D eigenvalue weighted by atomic mass is 35.5. The summed E-state index contributed by atoms with van der Waals surface area (Å²) in [6, 6.07) is 5.62. The van der Waals surface area contributed by atoms with Crippen molar-refractivity contribution in [2.24, 2.45) is 5.73 Å². The molecule has 0 aliphatic carbocycles. The minimum Gasteiger partial charge on any atom is -0.493 e. The number of alkyl halides is 3. The van der Waals surface area contributed by atoms with Crippen molar-refractivity contribution in [2.45, 2.75) is 12.7 Å². The second-order valence-corrected chi connectivity index (χ2v) is 4.33. The molecule has 0 bridgehead atoms. The van der Waals surface area contributed by atoms with Crippen LogP contribution in [0.1, 0.15) is 11.4 Å². The summed E-state index contributed by atoms with van der Waals surface area (Å²) in [5, 5.41) is 3.82. The minimum absolute atomic E-state index is 0.0985. The van der Waals surface area contributed by atoms with Crippen LogP contribution in [0.4, 0.5) is 13.2 Å². The van der Waals surface area contributed by atoms with Crippen molar-refractivity contribution in [1.82, 2.24) is 9.78 Å². The number of methoxy groups -OCH3 is 1. The molecule has 2 rings (SSSR count). The number of aromatic nitrogens is 2. The highest BCUT2D eigenvalue weighted by Gasteiger charge is 2.35. The van der Waals surface area contributed by atoms with E-state index in [1.54, 1.807) is 18.2 Å². The van der Waals surface area contributed by atoms with Crippen LogP contribution in [-0.2, 0) is 12.7 Å². The second kappa shape index (κ2) is 5.34. The summed E-state index contributed by atoms with van der Waals surface area (Å²) < 4.78 is 44.4. The van der Waals surface area contributed by atoms with E-state index in [2.05, 4.69) is 5.10 Å². The molecule has 0 aliphatic rings. The van der Waals surface area contributed by atoms with E-state index in [1.807, 2.05) is 0 Å². The monoisotopic (exact) mass is 305 g/mol. The average molecular weight is 306 g/mol. The molecule has 0 spiro atoms. The summed E-state index contributed by atoms with van der Waals surface area (Å²) in [4.78, 5) is 0. The first-order chi connectivity index (χ1) is 9.38. The van der Waals surface area contributed by atoms with Crippen LogP contribution in [0, 0.1) is 0 Å². The van der Waals surface area contributed by atoms with E-state index in [4.69, 9.17) is 22.1 Å². The minimum atomic E-state index is -4.54. The molecule has 0 radical (unpaired) electrons. The van der Waals surface area contributed by atoms with Gasteiger partial charge >= 0.3 is 6.18 Å². The van der Waals surface area contributed by atoms with Crippen LogP contribution >= 0.6 is 11.6 Å². The van der Waals surface area contributed by atoms with Crippen molar-refractivity contribution >= 4 is 11.6 Å². The molecule has 2 aromatic rings. The van der Waals surface area contributed by atoms with Gasteiger partial charge in [-0.1, -0.05) is 17.7 Å². The lowest BCUT2D eigenvalue weighted by Crippen LogP contribution is -2.10. The highest BCUT2D eigenvalue weighted by Crippen LogP contribution is 2.34. The van der Waals surface area contributed by atoms with E-state index < -0.39 is 11.9 Å². The van der Waals surface area contributed by atoms with E-state index >= 15 is 0 Å². The summed E-state index contributed by atoms with van der Waals surface area (Å²) in [5.74, 6) is 0.237. The zero-order chi connectivity index (χ0) is 14.9. The number of hydrogen-bond donors (Lipinski definition) is 1. The molecule has 2 N–H and O–H groups in total. The predicted octanol–water partition coefficient (Wildman–Crippen LogP) is 3.01. The lowest BCUT2D eigenvalue weighted by Gasteiger charge is -2.12. The molecule has 0 amide bonds. The van der Waals surface area contributed by atoms with Crippen molar-refractivity contribution in [3.63, 3.8) is 0 Å². The molecule has 1 aromatic heterocycles. The Hall–Kier alpha value is -1.73. The van der Waals surface area contributed by atoms with Crippen LogP contribution in [-0.4, -0.2) is 16.9 Å².